The molecule has 0 aliphatic heterocycles. The highest BCUT2D eigenvalue weighted by molar-refractivity contribution is 5.92. The summed E-state index contributed by atoms with van der Waals surface area (Å²) in [5.41, 5.74) is 0.989. The van der Waals surface area contributed by atoms with Crippen molar-refractivity contribution in [2.24, 2.45) is 0 Å². The third-order valence-electron chi connectivity index (χ3n) is 3.28. The third-order valence-corrected chi connectivity index (χ3v) is 3.28. The molecule has 4 nitrogen and oxygen atoms in total. The molecule has 1 unspecified atom stereocenters. The first kappa shape index (κ1) is 17.2. The molecule has 0 spiro atoms. The van der Waals surface area contributed by atoms with Gasteiger partial charge in [-0.15, -0.1) is 0 Å². The monoisotopic (exact) mass is 288 g/mol. The molecule has 0 aromatic heterocycles. The van der Waals surface area contributed by atoms with Gasteiger partial charge < -0.3 is 10.1 Å². The predicted molar refractivity (Wildman–Crippen MR) is 84.0 cm³/mol. The molecule has 1 amide bonds. The van der Waals surface area contributed by atoms with Gasteiger partial charge in [0, 0.05) is 0 Å². The van der Waals surface area contributed by atoms with Gasteiger partial charge >= 0.3 is 0 Å². The first-order valence-electron chi connectivity index (χ1n) is 7.58. The second-order valence-corrected chi connectivity index (χ2v) is 5.18. The lowest BCUT2D eigenvalue weighted by Crippen LogP contribution is -2.22. The van der Waals surface area contributed by atoms with Gasteiger partial charge in [0.05, 0.1) is 17.4 Å². The SMILES string of the molecule is CCCCCCC(C)OCC(=O)Nc1ccccc1C#N. The largest absolute Gasteiger partial charge is 0.369 e. The first-order chi connectivity index (χ1) is 10.2. The van der Waals surface area contributed by atoms with Crippen LogP contribution in [-0.2, 0) is 9.53 Å². The molecule has 1 aromatic carbocycles. The molecule has 0 fully saturated rings. The Bertz CT molecular complexity index is 480. The van der Waals surface area contributed by atoms with Crippen molar-refractivity contribution in [3.8, 4) is 6.07 Å². The Labute approximate surface area is 127 Å². The Morgan fingerprint density at radius 1 is 1.33 bits per heavy atom. The van der Waals surface area contributed by atoms with Crippen LogP contribution in [0.1, 0.15) is 51.5 Å². The molecule has 0 radical (unpaired) electrons. The molecule has 1 N–H and O–H groups in total. The number of para-hydroxylation sites is 1. The molecule has 1 atom stereocenters. The molecule has 0 saturated heterocycles. The fraction of sp³-hybridized carbons (Fsp3) is 0.529. The number of carbonyl (C=O) groups excluding carboxylic acids is 1. The second-order valence-electron chi connectivity index (χ2n) is 5.18. The van der Waals surface area contributed by atoms with Crippen LogP contribution in [0.4, 0.5) is 5.69 Å². The minimum Gasteiger partial charge on any atom is -0.369 e. The molecule has 0 saturated carbocycles. The number of hydrogen-bond donors (Lipinski definition) is 1. The Hall–Kier alpha value is -1.86. The van der Waals surface area contributed by atoms with E-state index in [2.05, 4.69) is 18.3 Å². The summed E-state index contributed by atoms with van der Waals surface area (Å²) in [4.78, 5) is 11.8. The van der Waals surface area contributed by atoms with E-state index in [1.54, 1.807) is 24.3 Å². The number of ether oxygens (including phenoxy) is 1. The second kappa shape index (κ2) is 9.95. The Kier molecular flexibility index (Phi) is 8.15. The van der Waals surface area contributed by atoms with Crippen molar-refractivity contribution in [2.45, 2.75) is 52.1 Å². The summed E-state index contributed by atoms with van der Waals surface area (Å²) in [6, 6.07) is 8.99. The zero-order chi connectivity index (χ0) is 15.5. The topological polar surface area (TPSA) is 62.1 Å². The number of benzene rings is 1. The summed E-state index contributed by atoms with van der Waals surface area (Å²) in [5.74, 6) is -0.224. The number of unbranched alkanes of at least 4 members (excludes halogenated alkanes) is 3. The number of nitrogens with zero attached hydrogens (tertiary/aromatic N) is 1. The van der Waals surface area contributed by atoms with Crippen molar-refractivity contribution in [1.29, 1.82) is 5.26 Å². The standard InChI is InChI=1S/C17H24N2O2/c1-3-4-5-6-9-14(2)21-13-17(20)19-16-11-8-7-10-15(16)12-18/h7-8,10-11,14H,3-6,9,13H2,1-2H3,(H,19,20). The number of hydrogen-bond acceptors (Lipinski definition) is 3. The van der Waals surface area contributed by atoms with E-state index in [4.69, 9.17) is 10.00 Å². The minimum atomic E-state index is -0.224. The van der Waals surface area contributed by atoms with Crippen LogP contribution < -0.4 is 5.32 Å². The van der Waals surface area contributed by atoms with Crippen molar-refractivity contribution in [3.05, 3.63) is 29.8 Å². The highest BCUT2D eigenvalue weighted by atomic mass is 16.5. The highest BCUT2D eigenvalue weighted by Gasteiger charge is 2.09. The number of rotatable bonds is 9. The molecular weight excluding hydrogens is 264 g/mol. The maximum atomic E-state index is 11.8. The number of nitrogens with one attached hydrogen (secondary N) is 1. The van der Waals surface area contributed by atoms with E-state index in [0.29, 0.717) is 11.3 Å². The summed E-state index contributed by atoms with van der Waals surface area (Å²) in [7, 11) is 0. The predicted octanol–water partition coefficient (Wildman–Crippen LogP) is 3.87. The lowest BCUT2D eigenvalue weighted by molar-refractivity contribution is -0.122. The van der Waals surface area contributed by atoms with E-state index < -0.39 is 0 Å². The summed E-state index contributed by atoms with van der Waals surface area (Å²) in [5, 5.41) is 11.7. The van der Waals surface area contributed by atoms with Crippen LogP contribution in [0.2, 0.25) is 0 Å². The molecular formula is C17H24N2O2. The molecule has 0 aliphatic carbocycles. The van der Waals surface area contributed by atoms with E-state index in [-0.39, 0.29) is 18.6 Å². The minimum absolute atomic E-state index is 0.0225. The van der Waals surface area contributed by atoms with Crippen LogP contribution in [0, 0.1) is 11.3 Å². The number of carbonyl (C=O) groups is 1. The molecule has 0 bridgehead atoms. The van der Waals surface area contributed by atoms with Crippen molar-refractivity contribution in [2.75, 3.05) is 11.9 Å². The van der Waals surface area contributed by atoms with Gasteiger partial charge in [-0.1, -0.05) is 44.7 Å². The van der Waals surface area contributed by atoms with Crippen molar-refractivity contribution < 1.29 is 9.53 Å². The van der Waals surface area contributed by atoms with E-state index in [9.17, 15) is 4.79 Å². The van der Waals surface area contributed by atoms with Gasteiger partial charge in [-0.2, -0.15) is 5.26 Å². The van der Waals surface area contributed by atoms with Gasteiger partial charge in [0.25, 0.3) is 0 Å². The normalized spacial score (nSPS) is 11.7. The number of amides is 1. The van der Waals surface area contributed by atoms with Crippen LogP contribution >= 0.6 is 0 Å². The zero-order valence-corrected chi connectivity index (χ0v) is 12.9. The summed E-state index contributed by atoms with van der Waals surface area (Å²) in [6.07, 6.45) is 5.87. The third kappa shape index (κ3) is 6.92. The van der Waals surface area contributed by atoms with Crippen molar-refractivity contribution in [1.82, 2.24) is 0 Å². The van der Waals surface area contributed by atoms with E-state index in [1.165, 1.54) is 19.3 Å². The molecule has 0 heterocycles. The lowest BCUT2D eigenvalue weighted by Gasteiger charge is -2.13. The maximum absolute atomic E-state index is 11.8. The molecule has 4 heteroatoms. The molecule has 21 heavy (non-hydrogen) atoms. The number of nitriles is 1. The van der Waals surface area contributed by atoms with Crippen LogP contribution in [0.15, 0.2) is 24.3 Å². The summed E-state index contributed by atoms with van der Waals surface area (Å²) in [6.45, 7) is 4.19. The summed E-state index contributed by atoms with van der Waals surface area (Å²) < 4.78 is 5.53. The van der Waals surface area contributed by atoms with Gasteiger partial charge in [0.2, 0.25) is 5.91 Å². The van der Waals surface area contributed by atoms with Gasteiger partial charge in [-0.3, -0.25) is 4.79 Å². The average Bonchev–Trinajstić information content (AvgIpc) is 2.50. The van der Waals surface area contributed by atoms with E-state index in [1.807, 2.05) is 6.92 Å². The van der Waals surface area contributed by atoms with Gasteiger partial charge in [0.15, 0.2) is 0 Å². The number of anilines is 1. The smallest absolute Gasteiger partial charge is 0.250 e. The van der Waals surface area contributed by atoms with Crippen LogP contribution in [0.3, 0.4) is 0 Å². The Balaban J connectivity index is 2.29. The zero-order valence-electron chi connectivity index (χ0n) is 12.9. The van der Waals surface area contributed by atoms with Gasteiger partial charge in [-0.05, 0) is 25.5 Å². The molecule has 1 aromatic rings. The quantitative estimate of drug-likeness (QED) is 0.701. The van der Waals surface area contributed by atoms with Gasteiger partial charge in [-0.25, -0.2) is 0 Å². The van der Waals surface area contributed by atoms with Crippen LogP contribution in [-0.4, -0.2) is 18.6 Å². The fourth-order valence-electron chi connectivity index (χ4n) is 2.04. The fourth-order valence-corrected chi connectivity index (χ4v) is 2.04. The summed E-state index contributed by atoms with van der Waals surface area (Å²) >= 11 is 0. The van der Waals surface area contributed by atoms with Gasteiger partial charge in [0.1, 0.15) is 12.7 Å². The average molecular weight is 288 g/mol. The molecule has 114 valence electrons. The maximum Gasteiger partial charge on any atom is 0.250 e. The lowest BCUT2D eigenvalue weighted by atomic mass is 10.1. The van der Waals surface area contributed by atoms with E-state index >= 15 is 0 Å². The molecule has 0 aliphatic rings. The van der Waals surface area contributed by atoms with Crippen LogP contribution in [0.25, 0.3) is 0 Å². The Morgan fingerprint density at radius 3 is 2.81 bits per heavy atom. The molecule has 1 rings (SSSR count). The van der Waals surface area contributed by atoms with E-state index in [0.717, 1.165) is 12.8 Å². The van der Waals surface area contributed by atoms with Crippen LogP contribution in [0.5, 0.6) is 0 Å². The Morgan fingerprint density at radius 2 is 2.10 bits per heavy atom. The van der Waals surface area contributed by atoms with Crippen molar-refractivity contribution >= 4 is 11.6 Å². The van der Waals surface area contributed by atoms with Crippen molar-refractivity contribution in [3.63, 3.8) is 0 Å². The highest BCUT2D eigenvalue weighted by Crippen LogP contribution is 2.13. The first-order valence-corrected chi connectivity index (χ1v) is 7.58.